The third kappa shape index (κ3) is 4.67. The summed E-state index contributed by atoms with van der Waals surface area (Å²) >= 11 is 4.82. The molecule has 25 heavy (non-hydrogen) atoms. The Morgan fingerprint density at radius 1 is 1.24 bits per heavy atom. The summed E-state index contributed by atoms with van der Waals surface area (Å²) in [6.07, 6.45) is 0.925. The highest BCUT2D eigenvalue weighted by Gasteiger charge is 2.11. The van der Waals surface area contributed by atoms with Crippen molar-refractivity contribution in [3.05, 3.63) is 63.9 Å². The number of carbonyl (C=O) groups excluding carboxylic acids is 1. The summed E-state index contributed by atoms with van der Waals surface area (Å²) in [4.78, 5) is 16.9. The van der Waals surface area contributed by atoms with Gasteiger partial charge in [-0.15, -0.1) is 11.3 Å². The summed E-state index contributed by atoms with van der Waals surface area (Å²) < 4.78 is 6.59. The van der Waals surface area contributed by atoms with Crippen molar-refractivity contribution in [1.29, 1.82) is 0 Å². The number of halogens is 1. The SMILES string of the molecule is CCCOc1cccc(C(=O)Nc2nc(-c3ccc(Br)cc3)cs2)c1. The minimum absolute atomic E-state index is 0.196. The number of amides is 1. The topological polar surface area (TPSA) is 51.2 Å². The van der Waals surface area contributed by atoms with E-state index in [9.17, 15) is 4.79 Å². The van der Waals surface area contributed by atoms with Crippen molar-refractivity contribution in [1.82, 2.24) is 4.98 Å². The van der Waals surface area contributed by atoms with Gasteiger partial charge in [0.15, 0.2) is 5.13 Å². The highest BCUT2D eigenvalue weighted by Crippen LogP contribution is 2.26. The highest BCUT2D eigenvalue weighted by atomic mass is 79.9. The average Bonchev–Trinajstić information content (AvgIpc) is 3.09. The van der Waals surface area contributed by atoms with E-state index in [-0.39, 0.29) is 5.91 Å². The van der Waals surface area contributed by atoms with Crippen molar-refractivity contribution in [2.24, 2.45) is 0 Å². The molecule has 0 bridgehead atoms. The number of nitrogens with one attached hydrogen (secondary N) is 1. The van der Waals surface area contributed by atoms with Gasteiger partial charge in [0.2, 0.25) is 0 Å². The zero-order valence-electron chi connectivity index (χ0n) is 13.7. The molecule has 0 fully saturated rings. The predicted molar refractivity (Wildman–Crippen MR) is 105 cm³/mol. The molecule has 0 radical (unpaired) electrons. The van der Waals surface area contributed by atoms with Crippen molar-refractivity contribution in [3.63, 3.8) is 0 Å². The van der Waals surface area contributed by atoms with Crippen LogP contribution in [0.25, 0.3) is 11.3 Å². The van der Waals surface area contributed by atoms with Crippen LogP contribution in [0.1, 0.15) is 23.7 Å². The van der Waals surface area contributed by atoms with Crippen LogP contribution in [0.15, 0.2) is 58.4 Å². The first-order valence-corrected chi connectivity index (χ1v) is 9.58. The van der Waals surface area contributed by atoms with E-state index in [0.717, 1.165) is 22.2 Å². The van der Waals surface area contributed by atoms with Gasteiger partial charge in [-0.1, -0.05) is 41.1 Å². The van der Waals surface area contributed by atoms with E-state index in [2.05, 4.69) is 26.2 Å². The van der Waals surface area contributed by atoms with Gasteiger partial charge in [-0.3, -0.25) is 10.1 Å². The van der Waals surface area contributed by atoms with Crippen LogP contribution >= 0.6 is 27.3 Å². The Bertz CT molecular complexity index is 862. The standard InChI is InChI=1S/C19H17BrN2O2S/c1-2-10-24-16-5-3-4-14(11-16)18(23)22-19-21-17(12-25-19)13-6-8-15(20)9-7-13/h3-9,11-12H,2,10H2,1H3,(H,21,22,23). The highest BCUT2D eigenvalue weighted by molar-refractivity contribution is 9.10. The fraction of sp³-hybridized carbons (Fsp3) is 0.158. The summed E-state index contributed by atoms with van der Waals surface area (Å²) in [5, 5.41) is 5.35. The number of thiazole rings is 1. The van der Waals surface area contributed by atoms with Crippen LogP contribution < -0.4 is 10.1 Å². The van der Waals surface area contributed by atoms with Gasteiger partial charge in [0.1, 0.15) is 5.75 Å². The molecule has 3 rings (SSSR count). The van der Waals surface area contributed by atoms with E-state index in [1.165, 1.54) is 11.3 Å². The lowest BCUT2D eigenvalue weighted by molar-refractivity contribution is 0.102. The first-order chi connectivity index (χ1) is 12.2. The third-order valence-electron chi connectivity index (χ3n) is 3.43. The normalized spacial score (nSPS) is 10.5. The fourth-order valence-corrected chi connectivity index (χ4v) is 3.18. The zero-order chi connectivity index (χ0) is 17.6. The van der Waals surface area contributed by atoms with E-state index in [1.54, 1.807) is 12.1 Å². The van der Waals surface area contributed by atoms with Crippen LogP contribution in [-0.2, 0) is 0 Å². The van der Waals surface area contributed by atoms with Gasteiger partial charge in [-0.25, -0.2) is 4.98 Å². The number of anilines is 1. The molecule has 4 nitrogen and oxygen atoms in total. The summed E-state index contributed by atoms with van der Waals surface area (Å²) in [6, 6.07) is 15.1. The van der Waals surface area contributed by atoms with Gasteiger partial charge < -0.3 is 4.74 Å². The monoisotopic (exact) mass is 416 g/mol. The van der Waals surface area contributed by atoms with E-state index >= 15 is 0 Å². The van der Waals surface area contributed by atoms with Gasteiger partial charge >= 0.3 is 0 Å². The zero-order valence-corrected chi connectivity index (χ0v) is 16.1. The molecule has 0 aliphatic heterocycles. The lowest BCUT2D eigenvalue weighted by Gasteiger charge is -2.06. The number of benzene rings is 2. The molecule has 0 spiro atoms. The van der Waals surface area contributed by atoms with Crippen LogP contribution in [-0.4, -0.2) is 17.5 Å². The molecular weight excluding hydrogens is 400 g/mol. The maximum atomic E-state index is 12.4. The van der Waals surface area contributed by atoms with Crippen LogP contribution in [0.4, 0.5) is 5.13 Å². The summed E-state index contributed by atoms with van der Waals surface area (Å²) in [5.41, 5.74) is 2.40. The minimum atomic E-state index is -0.196. The van der Waals surface area contributed by atoms with Crippen molar-refractivity contribution < 1.29 is 9.53 Å². The number of carbonyl (C=O) groups is 1. The van der Waals surface area contributed by atoms with E-state index < -0.39 is 0 Å². The lowest BCUT2D eigenvalue weighted by Crippen LogP contribution is -2.11. The number of hydrogen-bond donors (Lipinski definition) is 1. The van der Waals surface area contributed by atoms with E-state index in [1.807, 2.05) is 48.7 Å². The Hall–Kier alpha value is -2.18. The first kappa shape index (κ1) is 17.6. The molecule has 128 valence electrons. The van der Waals surface area contributed by atoms with E-state index in [4.69, 9.17) is 4.74 Å². The second-order valence-electron chi connectivity index (χ2n) is 5.38. The van der Waals surface area contributed by atoms with Crippen LogP contribution in [0.3, 0.4) is 0 Å². The van der Waals surface area contributed by atoms with Gasteiger partial charge in [0, 0.05) is 21.0 Å². The van der Waals surface area contributed by atoms with Crippen LogP contribution in [0, 0.1) is 0 Å². The quantitative estimate of drug-likeness (QED) is 0.567. The van der Waals surface area contributed by atoms with Crippen LogP contribution in [0.2, 0.25) is 0 Å². The number of rotatable bonds is 6. The number of hydrogen-bond acceptors (Lipinski definition) is 4. The van der Waals surface area contributed by atoms with Crippen molar-refractivity contribution in [3.8, 4) is 17.0 Å². The first-order valence-electron chi connectivity index (χ1n) is 7.91. The van der Waals surface area contributed by atoms with E-state index in [0.29, 0.717) is 23.1 Å². The Morgan fingerprint density at radius 2 is 2.04 bits per heavy atom. The van der Waals surface area contributed by atoms with Crippen LogP contribution in [0.5, 0.6) is 5.75 Å². The van der Waals surface area contributed by atoms with Gasteiger partial charge in [-0.2, -0.15) is 0 Å². The second-order valence-corrected chi connectivity index (χ2v) is 7.15. The Balaban J connectivity index is 1.70. The molecular formula is C19H17BrN2O2S. The molecule has 1 aromatic heterocycles. The number of aromatic nitrogens is 1. The van der Waals surface area contributed by atoms with Crippen molar-refractivity contribution in [2.75, 3.05) is 11.9 Å². The minimum Gasteiger partial charge on any atom is -0.494 e. The molecule has 1 amide bonds. The van der Waals surface area contributed by atoms with Gasteiger partial charge in [0.25, 0.3) is 5.91 Å². The molecule has 1 N–H and O–H groups in total. The maximum Gasteiger partial charge on any atom is 0.257 e. The summed E-state index contributed by atoms with van der Waals surface area (Å²) in [5.74, 6) is 0.503. The van der Waals surface area contributed by atoms with Gasteiger partial charge in [0.05, 0.1) is 12.3 Å². The largest absolute Gasteiger partial charge is 0.494 e. The number of nitrogens with zero attached hydrogens (tertiary/aromatic N) is 1. The number of ether oxygens (including phenoxy) is 1. The summed E-state index contributed by atoms with van der Waals surface area (Å²) in [6.45, 7) is 2.68. The molecule has 2 aromatic carbocycles. The molecule has 0 unspecified atom stereocenters. The van der Waals surface area contributed by atoms with Gasteiger partial charge in [-0.05, 0) is 36.8 Å². The molecule has 0 aliphatic rings. The third-order valence-corrected chi connectivity index (χ3v) is 4.72. The molecule has 1 heterocycles. The predicted octanol–water partition coefficient (Wildman–Crippen LogP) is 5.61. The molecule has 6 heteroatoms. The second kappa shape index (κ2) is 8.27. The van der Waals surface area contributed by atoms with Crippen molar-refractivity contribution >= 4 is 38.3 Å². The Labute approximate surface area is 159 Å². The fourth-order valence-electron chi connectivity index (χ4n) is 2.20. The lowest BCUT2D eigenvalue weighted by atomic mass is 10.2. The average molecular weight is 417 g/mol. The molecule has 0 saturated heterocycles. The Morgan fingerprint density at radius 3 is 2.80 bits per heavy atom. The molecule has 0 aliphatic carbocycles. The smallest absolute Gasteiger partial charge is 0.257 e. The summed E-state index contributed by atoms with van der Waals surface area (Å²) in [7, 11) is 0. The molecule has 3 aromatic rings. The molecule has 0 atom stereocenters. The molecule has 0 saturated carbocycles. The Kier molecular flexibility index (Phi) is 5.83. The maximum absolute atomic E-state index is 12.4. The van der Waals surface area contributed by atoms with Crippen molar-refractivity contribution in [2.45, 2.75) is 13.3 Å².